The van der Waals surface area contributed by atoms with E-state index in [4.69, 9.17) is 11.3 Å². The number of esters is 1. The second-order valence-electron chi connectivity index (χ2n) is 12.9. The molecule has 0 aliphatic carbocycles. The maximum Gasteiger partial charge on any atom is 0.336 e. The van der Waals surface area contributed by atoms with Gasteiger partial charge in [-0.1, -0.05) is 93.6 Å². The van der Waals surface area contributed by atoms with Crippen LogP contribution in [0.4, 0.5) is 11.4 Å². The molecule has 0 radical (unpaired) electrons. The van der Waals surface area contributed by atoms with E-state index >= 15 is 0 Å². The molecular formula is C44H49N3O4S. The molecule has 8 heteroatoms. The van der Waals surface area contributed by atoms with Crippen LogP contribution in [0, 0.1) is 23.6 Å². The maximum atomic E-state index is 12.6. The average Bonchev–Trinajstić information content (AvgIpc) is 3.16. The van der Waals surface area contributed by atoms with Crippen molar-refractivity contribution in [1.29, 1.82) is 0 Å². The zero-order valence-corrected chi connectivity index (χ0v) is 31.4. The molecule has 7 nitrogen and oxygen atoms in total. The summed E-state index contributed by atoms with van der Waals surface area (Å²) in [6.45, 7) is 13.3. The Morgan fingerprint density at radius 1 is 0.846 bits per heavy atom. The van der Waals surface area contributed by atoms with Crippen LogP contribution in [0.3, 0.4) is 0 Å². The Labute approximate surface area is 313 Å². The molecule has 0 aliphatic rings. The number of nitro benzene ring substituents is 1. The number of ether oxygens (including phenoxy) is 1. The summed E-state index contributed by atoms with van der Waals surface area (Å²) in [7, 11) is 2.16. The van der Waals surface area contributed by atoms with Gasteiger partial charge in [0, 0.05) is 36.3 Å². The molecule has 0 atom stereocenters. The van der Waals surface area contributed by atoms with Crippen LogP contribution >= 0.6 is 11.8 Å². The van der Waals surface area contributed by atoms with Crippen molar-refractivity contribution in [3.63, 3.8) is 0 Å². The lowest BCUT2D eigenvalue weighted by atomic mass is 10.0. The third-order valence-corrected chi connectivity index (χ3v) is 9.97. The van der Waals surface area contributed by atoms with Gasteiger partial charge < -0.3 is 9.64 Å². The summed E-state index contributed by atoms with van der Waals surface area (Å²) < 4.78 is 5.41. The summed E-state index contributed by atoms with van der Waals surface area (Å²) in [5.74, 6) is 0.400. The molecule has 0 aliphatic heterocycles. The largest absolute Gasteiger partial charge is 0.471 e. The van der Waals surface area contributed by atoms with Gasteiger partial charge in [0.2, 0.25) is 0 Å². The van der Waals surface area contributed by atoms with E-state index < -0.39 is 10.9 Å². The van der Waals surface area contributed by atoms with Crippen LogP contribution in [0.5, 0.6) is 0 Å². The summed E-state index contributed by atoms with van der Waals surface area (Å²) in [4.78, 5) is 30.0. The van der Waals surface area contributed by atoms with Crippen LogP contribution in [0.25, 0.3) is 34.2 Å². The number of hydrogen-bond acceptors (Lipinski definition) is 6. The van der Waals surface area contributed by atoms with Crippen molar-refractivity contribution in [1.82, 2.24) is 0 Å². The van der Waals surface area contributed by atoms with E-state index in [1.54, 1.807) is 30.0 Å². The van der Waals surface area contributed by atoms with E-state index in [1.165, 1.54) is 59.5 Å². The smallest absolute Gasteiger partial charge is 0.336 e. The number of anilines is 1. The highest BCUT2D eigenvalue weighted by molar-refractivity contribution is 7.99. The minimum Gasteiger partial charge on any atom is -0.471 e. The molecule has 0 saturated heterocycles. The highest BCUT2D eigenvalue weighted by atomic mass is 32.2. The molecule has 4 rings (SSSR count). The lowest BCUT2D eigenvalue weighted by molar-refractivity contribution is -0.384. The predicted molar refractivity (Wildman–Crippen MR) is 217 cm³/mol. The van der Waals surface area contributed by atoms with Gasteiger partial charge in [-0.25, -0.2) is 4.85 Å². The standard InChI is InChI=1S/C44H49N3O4S/c1-5-6-7-10-29-46(4)41-26-19-37(34(2)32-41)18-17-35-13-15-36(16-14-35)33-43(45-3)44(48)51-30-11-8-9-12-31-52-42-27-22-39(23-28-42)38-20-24-40(25-21-38)47(49)50/h13-28,32-33H,5-12,29-31H2,1-2,4H3/b18-17+,43-33-. The Morgan fingerprint density at radius 3 is 2.15 bits per heavy atom. The third-order valence-electron chi connectivity index (χ3n) is 8.87. The topological polar surface area (TPSA) is 77.0 Å². The number of benzene rings is 4. The minimum absolute atomic E-state index is 0.0228. The first-order chi connectivity index (χ1) is 25.3. The van der Waals surface area contributed by atoms with Crippen molar-refractivity contribution in [2.75, 3.05) is 30.9 Å². The quantitative estimate of drug-likeness (QED) is 0.0132. The molecule has 4 aromatic rings. The van der Waals surface area contributed by atoms with Gasteiger partial charge in [-0.2, -0.15) is 0 Å². The van der Waals surface area contributed by atoms with E-state index in [0.717, 1.165) is 60.2 Å². The SMILES string of the molecule is [C-]#[N+]/C(=C\c1ccc(/C=C/c2ccc(N(C)CCCCCC)cc2C)cc1)C(=O)OCCCCCCSc1ccc(-c2ccc([N+](=O)[O-])cc2)cc1. The molecule has 0 aromatic heterocycles. The lowest BCUT2D eigenvalue weighted by Gasteiger charge is -2.20. The Kier molecular flexibility index (Phi) is 16.2. The van der Waals surface area contributed by atoms with Gasteiger partial charge in [-0.05, 0) is 108 Å². The third kappa shape index (κ3) is 12.9. The number of non-ortho nitro benzene ring substituents is 1. The predicted octanol–water partition coefficient (Wildman–Crippen LogP) is 11.9. The Hall–Kier alpha value is -5.13. The first kappa shape index (κ1) is 39.7. The van der Waals surface area contributed by atoms with Crippen molar-refractivity contribution in [2.24, 2.45) is 0 Å². The maximum absolute atomic E-state index is 12.6. The Morgan fingerprint density at radius 2 is 1.50 bits per heavy atom. The summed E-state index contributed by atoms with van der Waals surface area (Å²) in [5.41, 5.74) is 7.50. The number of nitrogens with zero attached hydrogens (tertiary/aromatic N) is 3. The van der Waals surface area contributed by atoms with Gasteiger partial charge >= 0.3 is 5.97 Å². The summed E-state index contributed by atoms with van der Waals surface area (Å²) in [5, 5.41) is 10.9. The average molecular weight is 716 g/mol. The zero-order valence-electron chi connectivity index (χ0n) is 30.6. The van der Waals surface area contributed by atoms with Crippen LogP contribution < -0.4 is 4.90 Å². The highest BCUT2D eigenvalue weighted by Crippen LogP contribution is 2.27. The summed E-state index contributed by atoms with van der Waals surface area (Å²) >= 11 is 1.79. The molecule has 270 valence electrons. The molecule has 4 aromatic carbocycles. The van der Waals surface area contributed by atoms with Gasteiger partial charge in [-0.3, -0.25) is 14.9 Å². The van der Waals surface area contributed by atoms with Crippen LogP contribution in [0.1, 0.15) is 80.5 Å². The van der Waals surface area contributed by atoms with Gasteiger partial charge in [-0.15, -0.1) is 11.8 Å². The molecule has 0 N–H and O–H groups in total. The summed E-state index contributed by atoms with van der Waals surface area (Å²) in [6, 6.07) is 29.2. The summed E-state index contributed by atoms with van der Waals surface area (Å²) in [6.07, 6.45) is 14.6. The number of aryl methyl sites for hydroxylation is 1. The van der Waals surface area contributed by atoms with Gasteiger partial charge in [0.1, 0.15) is 0 Å². The van der Waals surface area contributed by atoms with Crippen LogP contribution in [0.2, 0.25) is 0 Å². The van der Waals surface area contributed by atoms with Crippen molar-refractivity contribution < 1.29 is 14.5 Å². The number of carbonyl (C=O) groups is 1. The zero-order chi connectivity index (χ0) is 37.1. The number of hydrogen-bond donors (Lipinski definition) is 0. The van der Waals surface area contributed by atoms with E-state index in [1.807, 2.05) is 36.4 Å². The fourth-order valence-corrected chi connectivity index (χ4v) is 6.59. The van der Waals surface area contributed by atoms with Crippen LogP contribution in [-0.2, 0) is 9.53 Å². The van der Waals surface area contributed by atoms with E-state index in [-0.39, 0.29) is 11.4 Å². The number of unbranched alkanes of at least 4 members (excludes halogenated alkanes) is 6. The normalized spacial score (nSPS) is 11.4. The minimum atomic E-state index is -0.586. The van der Waals surface area contributed by atoms with Crippen molar-refractivity contribution >= 4 is 47.3 Å². The van der Waals surface area contributed by atoms with Crippen LogP contribution in [-0.4, -0.2) is 36.8 Å². The fourth-order valence-electron chi connectivity index (χ4n) is 5.68. The van der Waals surface area contributed by atoms with Crippen LogP contribution in [0.15, 0.2) is 102 Å². The van der Waals surface area contributed by atoms with Crippen molar-refractivity contribution in [3.05, 3.63) is 140 Å². The number of thioether (sulfide) groups is 1. The first-order valence-electron chi connectivity index (χ1n) is 18.1. The number of carbonyl (C=O) groups excluding carboxylic acids is 1. The monoisotopic (exact) mass is 715 g/mol. The fraction of sp³-hybridized carbons (Fsp3) is 0.318. The van der Waals surface area contributed by atoms with E-state index in [0.29, 0.717) is 6.61 Å². The highest BCUT2D eigenvalue weighted by Gasteiger charge is 2.12. The molecule has 52 heavy (non-hydrogen) atoms. The molecule has 0 heterocycles. The number of nitro groups is 1. The molecule has 0 fully saturated rings. The Balaban J connectivity index is 1.13. The second kappa shape index (κ2) is 21.3. The Bertz CT molecular complexity index is 1840. The van der Waals surface area contributed by atoms with Gasteiger partial charge in [0.05, 0.1) is 18.1 Å². The van der Waals surface area contributed by atoms with E-state index in [2.05, 4.69) is 73.1 Å². The molecule has 0 bridgehead atoms. The van der Waals surface area contributed by atoms with E-state index in [9.17, 15) is 14.9 Å². The second-order valence-corrected chi connectivity index (χ2v) is 14.1. The lowest BCUT2D eigenvalue weighted by Crippen LogP contribution is -2.18. The molecule has 0 saturated carbocycles. The molecular weight excluding hydrogens is 667 g/mol. The molecule has 0 spiro atoms. The van der Waals surface area contributed by atoms with Crippen molar-refractivity contribution in [3.8, 4) is 11.1 Å². The van der Waals surface area contributed by atoms with Gasteiger partial charge in [0.15, 0.2) is 0 Å². The van der Waals surface area contributed by atoms with Crippen molar-refractivity contribution in [2.45, 2.75) is 70.1 Å². The number of rotatable bonds is 20. The first-order valence-corrected chi connectivity index (χ1v) is 19.1. The molecule has 0 unspecified atom stereocenters. The molecule has 0 amide bonds. The van der Waals surface area contributed by atoms with Gasteiger partial charge in [0.25, 0.3) is 11.4 Å².